The van der Waals surface area contributed by atoms with Crippen molar-refractivity contribution in [2.75, 3.05) is 0 Å². The zero-order valence-corrected chi connectivity index (χ0v) is 9.61. The van der Waals surface area contributed by atoms with E-state index in [0.717, 1.165) is 11.4 Å². The molecule has 0 aliphatic rings. The zero-order chi connectivity index (χ0) is 11.4. The highest BCUT2D eigenvalue weighted by Crippen LogP contribution is 2.21. The third kappa shape index (κ3) is 2.49. The van der Waals surface area contributed by atoms with Crippen LogP contribution in [0.15, 0.2) is 36.5 Å². The van der Waals surface area contributed by atoms with E-state index in [2.05, 4.69) is 9.97 Å². The molecule has 0 aromatic carbocycles. The summed E-state index contributed by atoms with van der Waals surface area (Å²) in [6.45, 7) is 1.89. The van der Waals surface area contributed by atoms with Crippen LogP contribution in [-0.2, 0) is 5.88 Å². The lowest BCUT2D eigenvalue weighted by Crippen LogP contribution is -1.93. The second-order valence-corrected chi connectivity index (χ2v) is 3.56. The zero-order valence-electron chi connectivity index (χ0n) is 8.85. The van der Waals surface area contributed by atoms with Gasteiger partial charge in [0.05, 0.1) is 17.3 Å². The Morgan fingerprint density at radius 1 is 1.25 bits per heavy atom. The first-order valence-electron chi connectivity index (χ1n) is 4.91. The Morgan fingerprint density at radius 2 is 2.12 bits per heavy atom. The van der Waals surface area contributed by atoms with E-state index in [-0.39, 0.29) is 0 Å². The van der Waals surface area contributed by atoms with E-state index in [0.29, 0.717) is 17.5 Å². The fourth-order valence-corrected chi connectivity index (χ4v) is 1.43. The fraction of sp³-hybridized carbons (Fsp3) is 0.167. The molecule has 0 N–H and O–H groups in total. The molecule has 2 aromatic heterocycles. The standard InChI is InChI=1S/C12H11ClN2O/c1-9-11(5-3-7-14-9)16-12-6-2-4-10(8-13)15-12/h2-7H,8H2,1H3. The van der Waals surface area contributed by atoms with Gasteiger partial charge in [0, 0.05) is 12.3 Å². The van der Waals surface area contributed by atoms with Crippen molar-refractivity contribution in [2.24, 2.45) is 0 Å². The van der Waals surface area contributed by atoms with Crippen LogP contribution in [0, 0.1) is 6.92 Å². The second-order valence-electron chi connectivity index (χ2n) is 3.29. The van der Waals surface area contributed by atoms with Crippen molar-refractivity contribution in [3.63, 3.8) is 0 Å². The first kappa shape index (κ1) is 10.9. The topological polar surface area (TPSA) is 35.0 Å². The predicted molar refractivity (Wildman–Crippen MR) is 62.8 cm³/mol. The maximum Gasteiger partial charge on any atom is 0.219 e. The van der Waals surface area contributed by atoms with E-state index in [1.165, 1.54) is 0 Å². The van der Waals surface area contributed by atoms with E-state index in [1.807, 2.05) is 31.2 Å². The number of pyridine rings is 2. The monoisotopic (exact) mass is 234 g/mol. The number of hydrogen-bond donors (Lipinski definition) is 0. The number of ether oxygens (including phenoxy) is 1. The number of nitrogens with zero attached hydrogens (tertiary/aromatic N) is 2. The van der Waals surface area contributed by atoms with Crippen molar-refractivity contribution in [1.82, 2.24) is 9.97 Å². The van der Waals surface area contributed by atoms with Gasteiger partial charge in [0.25, 0.3) is 0 Å². The summed E-state index contributed by atoms with van der Waals surface area (Å²) in [5.74, 6) is 1.62. The summed E-state index contributed by atoms with van der Waals surface area (Å²) >= 11 is 5.70. The lowest BCUT2D eigenvalue weighted by Gasteiger charge is -2.07. The Bertz CT molecular complexity index is 488. The van der Waals surface area contributed by atoms with Gasteiger partial charge in [-0.25, -0.2) is 4.98 Å². The maximum absolute atomic E-state index is 5.70. The number of hydrogen-bond acceptors (Lipinski definition) is 3. The third-order valence-corrected chi connectivity index (χ3v) is 2.36. The summed E-state index contributed by atoms with van der Waals surface area (Å²) in [6, 6.07) is 9.20. The minimum absolute atomic E-state index is 0.378. The van der Waals surface area contributed by atoms with Crippen LogP contribution >= 0.6 is 11.6 Å². The Labute approximate surface area is 99.1 Å². The van der Waals surface area contributed by atoms with Gasteiger partial charge in [-0.15, -0.1) is 11.6 Å². The van der Waals surface area contributed by atoms with Crippen molar-refractivity contribution in [3.05, 3.63) is 47.9 Å². The predicted octanol–water partition coefficient (Wildman–Crippen LogP) is 3.32. The molecule has 0 amide bonds. The summed E-state index contributed by atoms with van der Waals surface area (Å²) in [5, 5.41) is 0. The lowest BCUT2D eigenvalue weighted by molar-refractivity contribution is 0.455. The lowest BCUT2D eigenvalue weighted by atomic mass is 10.3. The van der Waals surface area contributed by atoms with E-state index in [9.17, 15) is 0 Å². The third-order valence-electron chi connectivity index (χ3n) is 2.09. The maximum atomic E-state index is 5.70. The Kier molecular flexibility index (Phi) is 3.37. The average Bonchev–Trinajstić information content (AvgIpc) is 2.32. The number of aromatic nitrogens is 2. The van der Waals surface area contributed by atoms with Gasteiger partial charge in [-0.3, -0.25) is 4.98 Å². The summed E-state index contributed by atoms with van der Waals surface area (Å²) in [5.41, 5.74) is 1.63. The molecule has 0 radical (unpaired) electrons. The van der Waals surface area contributed by atoms with Crippen molar-refractivity contribution < 1.29 is 4.74 Å². The summed E-state index contributed by atoms with van der Waals surface area (Å²) in [7, 11) is 0. The quantitative estimate of drug-likeness (QED) is 0.765. The molecule has 82 valence electrons. The van der Waals surface area contributed by atoms with E-state index in [1.54, 1.807) is 12.3 Å². The van der Waals surface area contributed by atoms with Crippen LogP contribution in [0.2, 0.25) is 0 Å². The Balaban J connectivity index is 2.24. The molecule has 2 rings (SSSR count). The largest absolute Gasteiger partial charge is 0.437 e. The normalized spacial score (nSPS) is 10.1. The molecule has 0 spiro atoms. The fourth-order valence-electron chi connectivity index (χ4n) is 1.28. The van der Waals surface area contributed by atoms with Gasteiger partial charge < -0.3 is 4.74 Å². The smallest absolute Gasteiger partial charge is 0.219 e. The minimum Gasteiger partial charge on any atom is -0.437 e. The Hall–Kier alpha value is -1.61. The number of rotatable bonds is 3. The highest BCUT2D eigenvalue weighted by atomic mass is 35.5. The molecule has 0 aliphatic heterocycles. The summed E-state index contributed by atoms with van der Waals surface area (Å²) in [4.78, 5) is 8.38. The van der Waals surface area contributed by atoms with E-state index in [4.69, 9.17) is 16.3 Å². The van der Waals surface area contributed by atoms with Crippen molar-refractivity contribution in [2.45, 2.75) is 12.8 Å². The van der Waals surface area contributed by atoms with Gasteiger partial charge in [-0.1, -0.05) is 6.07 Å². The van der Waals surface area contributed by atoms with Crippen LogP contribution in [0.25, 0.3) is 0 Å². The van der Waals surface area contributed by atoms with Crippen molar-refractivity contribution in [1.29, 1.82) is 0 Å². The first-order chi connectivity index (χ1) is 7.79. The highest BCUT2D eigenvalue weighted by Gasteiger charge is 2.02. The second kappa shape index (κ2) is 4.94. The molecule has 0 aliphatic carbocycles. The first-order valence-corrected chi connectivity index (χ1v) is 5.44. The highest BCUT2D eigenvalue weighted by molar-refractivity contribution is 6.16. The van der Waals surface area contributed by atoms with Crippen LogP contribution in [0.5, 0.6) is 11.6 Å². The van der Waals surface area contributed by atoms with E-state index >= 15 is 0 Å². The van der Waals surface area contributed by atoms with Crippen LogP contribution < -0.4 is 4.74 Å². The minimum atomic E-state index is 0.378. The van der Waals surface area contributed by atoms with E-state index < -0.39 is 0 Å². The van der Waals surface area contributed by atoms with Crippen LogP contribution in [0.4, 0.5) is 0 Å². The Morgan fingerprint density at radius 3 is 2.88 bits per heavy atom. The van der Waals surface area contributed by atoms with Gasteiger partial charge in [0.15, 0.2) is 5.75 Å². The molecule has 2 heterocycles. The molecule has 0 bridgehead atoms. The average molecular weight is 235 g/mol. The number of alkyl halides is 1. The molecule has 3 nitrogen and oxygen atoms in total. The molecular formula is C12H11ClN2O. The molecule has 0 unspecified atom stereocenters. The van der Waals surface area contributed by atoms with Gasteiger partial charge in [-0.2, -0.15) is 0 Å². The molecule has 0 saturated carbocycles. The SMILES string of the molecule is Cc1ncccc1Oc1cccc(CCl)n1. The van der Waals surface area contributed by atoms with Crippen LogP contribution in [-0.4, -0.2) is 9.97 Å². The number of halogens is 1. The van der Waals surface area contributed by atoms with Crippen LogP contribution in [0.3, 0.4) is 0 Å². The molecule has 0 saturated heterocycles. The van der Waals surface area contributed by atoms with Gasteiger partial charge in [0.2, 0.25) is 5.88 Å². The van der Waals surface area contributed by atoms with Crippen LogP contribution in [0.1, 0.15) is 11.4 Å². The van der Waals surface area contributed by atoms with Gasteiger partial charge in [0.1, 0.15) is 0 Å². The molecule has 16 heavy (non-hydrogen) atoms. The summed E-state index contributed by atoms with van der Waals surface area (Å²) in [6.07, 6.45) is 1.73. The molecular weight excluding hydrogens is 224 g/mol. The van der Waals surface area contributed by atoms with Gasteiger partial charge >= 0.3 is 0 Å². The molecule has 0 atom stereocenters. The number of aryl methyl sites for hydroxylation is 1. The molecule has 4 heteroatoms. The van der Waals surface area contributed by atoms with Gasteiger partial charge in [-0.05, 0) is 25.1 Å². The molecule has 0 fully saturated rings. The van der Waals surface area contributed by atoms with Crippen molar-refractivity contribution >= 4 is 11.6 Å². The van der Waals surface area contributed by atoms with Crippen molar-refractivity contribution in [3.8, 4) is 11.6 Å². The summed E-state index contributed by atoms with van der Waals surface area (Å²) < 4.78 is 5.62. The molecule has 2 aromatic rings.